The molecule has 1 aliphatic heterocycles. The lowest BCUT2D eigenvalue weighted by Crippen LogP contribution is -2.40. The first-order valence-corrected chi connectivity index (χ1v) is 10.6. The van der Waals surface area contributed by atoms with Gasteiger partial charge in [-0.3, -0.25) is 4.79 Å². The maximum Gasteiger partial charge on any atom is 0.232 e. The molecule has 0 spiro atoms. The van der Waals surface area contributed by atoms with Crippen molar-refractivity contribution in [2.24, 2.45) is 0 Å². The summed E-state index contributed by atoms with van der Waals surface area (Å²) in [6.07, 6.45) is 5.55. The number of fused-ring (bicyclic) bond motifs is 2. The summed E-state index contributed by atoms with van der Waals surface area (Å²) in [6, 6.07) is 8.46. The number of thiazole rings is 1. The van der Waals surface area contributed by atoms with Crippen molar-refractivity contribution in [3.05, 3.63) is 58.1 Å². The molecule has 5 rings (SSSR count). The number of nitrogens with two attached hydrogens (primary N) is 1. The topological polar surface area (TPSA) is 77.0 Å². The molecule has 3 heterocycles. The van der Waals surface area contributed by atoms with Crippen LogP contribution in [-0.4, -0.2) is 31.9 Å². The number of imidazole rings is 1. The van der Waals surface area contributed by atoms with Crippen LogP contribution in [0.15, 0.2) is 30.6 Å². The van der Waals surface area contributed by atoms with E-state index in [1.54, 1.807) is 0 Å². The van der Waals surface area contributed by atoms with Crippen LogP contribution >= 0.6 is 11.3 Å². The predicted molar refractivity (Wildman–Crippen MR) is 110 cm³/mol. The zero-order valence-electron chi connectivity index (χ0n) is 15.9. The smallest absolute Gasteiger partial charge is 0.232 e. The lowest BCUT2D eigenvalue weighted by molar-refractivity contribution is -0.134. The molecule has 3 aromatic rings. The molecule has 2 aliphatic rings. The van der Waals surface area contributed by atoms with Crippen LogP contribution in [0.4, 0.5) is 5.13 Å². The Hall–Kier alpha value is -2.67. The number of rotatable bonds is 2. The molecule has 1 amide bonds. The first-order chi connectivity index (χ1) is 13.6. The maximum atomic E-state index is 13.3. The van der Waals surface area contributed by atoms with Crippen molar-refractivity contribution in [3.63, 3.8) is 0 Å². The number of aromatic nitrogens is 3. The van der Waals surface area contributed by atoms with Crippen LogP contribution in [-0.2, 0) is 24.2 Å². The fourth-order valence-corrected chi connectivity index (χ4v) is 5.26. The summed E-state index contributed by atoms with van der Waals surface area (Å²) in [4.78, 5) is 25.5. The second-order valence-corrected chi connectivity index (χ2v) is 8.77. The van der Waals surface area contributed by atoms with Gasteiger partial charge in [0.05, 0.1) is 30.2 Å². The van der Waals surface area contributed by atoms with E-state index in [1.165, 1.54) is 27.5 Å². The Bertz CT molecular complexity index is 1040. The van der Waals surface area contributed by atoms with E-state index in [4.69, 9.17) is 5.73 Å². The highest BCUT2D eigenvalue weighted by molar-refractivity contribution is 7.15. The molecule has 1 unspecified atom stereocenters. The van der Waals surface area contributed by atoms with E-state index in [0.29, 0.717) is 11.7 Å². The highest BCUT2D eigenvalue weighted by Crippen LogP contribution is 2.37. The number of anilines is 1. The average Bonchev–Trinajstić information content (AvgIpc) is 3.29. The molecule has 2 aromatic heterocycles. The molecule has 1 aliphatic carbocycles. The predicted octanol–water partition coefficient (Wildman–Crippen LogP) is 3.22. The van der Waals surface area contributed by atoms with Gasteiger partial charge in [-0.05, 0) is 38.3 Å². The second-order valence-electron chi connectivity index (χ2n) is 7.66. The fraction of sp³-hybridized carbons (Fsp3) is 0.381. The van der Waals surface area contributed by atoms with E-state index < -0.39 is 0 Å². The van der Waals surface area contributed by atoms with Crippen LogP contribution in [0.3, 0.4) is 0 Å². The van der Waals surface area contributed by atoms with E-state index in [0.717, 1.165) is 49.3 Å². The number of nitrogens with zero attached hydrogens (tertiary/aromatic N) is 4. The summed E-state index contributed by atoms with van der Waals surface area (Å²) in [5.41, 5.74) is 11.4. The van der Waals surface area contributed by atoms with Crippen LogP contribution in [0, 0.1) is 6.92 Å². The summed E-state index contributed by atoms with van der Waals surface area (Å²) in [5.74, 6) is 0.0137. The molecule has 2 N–H and O–H groups in total. The second kappa shape index (κ2) is 6.74. The van der Waals surface area contributed by atoms with Gasteiger partial charge in [0.1, 0.15) is 0 Å². The van der Waals surface area contributed by atoms with Crippen LogP contribution in [0.1, 0.15) is 46.3 Å². The van der Waals surface area contributed by atoms with E-state index in [2.05, 4.69) is 45.7 Å². The van der Waals surface area contributed by atoms with Crippen molar-refractivity contribution in [1.82, 2.24) is 19.4 Å². The monoisotopic (exact) mass is 393 g/mol. The van der Waals surface area contributed by atoms with Gasteiger partial charge in [-0.15, -0.1) is 11.3 Å². The molecule has 0 saturated carbocycles. The van der Waals surface area contributed by atoms with E-state index in [-0.39, 0.29) is 11.8 Å². The van der Waals surface area contributed by atoms with Gasteiger partial charge in [0.15, 0.2) is 5.13 Å². The molecule has 1 aromatic carbocycles. The Kier molecular flexibility index (Phi) is 4.19. The summed E-state index contributed by atoms with van der Waals surface area (Å²) in [7, 11) is 0. The van der Waals surface area contributed by atoms with Crippen molar-refractivity contribution >= 4 is 22.4 Å². The Morgan fingerprint density at radius 2 is 2.07 bits per heavy atom. The minimum Gasteiger partial charge on any atom is -0.375 e. The fourth-order valence-electron chi connectivity index (χ4n) is 4.32. The minimum atomic E-state index is -0.155. The third-order valence-corrected chi connectivity index (χ3v) is 6.76. The normalized spacial score (nSPS) is 18.6. The van der Waals surface area contributed by atoms with Gasteiger partial charge in [0.2, 0.25) is 5.91 Å². The Morgan fingerprint density at radius 1 is 1.25 bits per heavy atom. The molecular weight excluding hydrogens is 370 g/mol. The standard InChI is InChI=1S/C21H23N5OS/c1-13-5-7-14(8-6-13)26-12-23-16-11-25(10-9-17(16)26)20(27)15-3-2-4-18-19(15)24-21(22)28-18/h5-8,12,15H,2-4,9-11H2,1H3,(H2,22,24). The number of hydrogen-bond donors (Lipinski definition) is 1. The van der Waals surface area contributed by atoms with Gasteiger partial charge in [-0.25, -0.2) is 9.97 Å². The summed E-state index contributed by atoms with van der Waals surface area (Å²) in [6.45, 7) is 3.37. The van der Waals surface area contributed by atoms with Gasteiger partial charge in [-0.1, -0.05) is 17.7 Å². The van der Waals surface area contributed by atoms with E-state index in [9.17, 15) is 4.79 Å². The van der Waals surface area contributed by atoms with Crippen molar-refractivity contribution < 1.29 is 4.79 Å². The Labute approximate surface area is 168 Å². The highest BCUT2D eigenvalue weighted by Gasteiger charge is 2.35. The number of amides is 1. The van der Waals surface area contributed by atoms with Crippen molar-refractivity contribution in [2.45, 2.75) is 45.1 Å². The van der Waals surface area contributed by atoms with Gasteiger partial charge in [0.25, 0.3) is 0 Å². The first-order valence-electron chi connectivity index (χ1n) is 9.76. The molecule has 144 valence electrons. The van der Waals surface area contributed by atoms with Crippen molar-refractivity contribution in [3.8, 4) is 5.69 Å². The van der Waals surface area contributed by atoms with E-state index >= 15 is 0 Å². The molecule has 0 bridgehead atoms. The van der Waals surface area contributed by atoms with Gasteiger partial charge >= 0.3 is 0 Å². The number of hydrogen-bond acceptors (Lipinski definition) is 5. The molecule has 0 saturated heterocycles. The van der Waals surface area contributed by atoms with Crippen LogP contribution < -0.4 is 5.73 Å². The summed E-state index contributed by atoms with van der Waals surface area (Å²) >= 11 is 1.53. The minimum absolute atomic E-state index is 0.155. The Morgan fingerprint density at radius 3 is 2.89 bits per heavy atom. The van der Waals surface area contributed by atoms with E-state index in [1.807, 2.05) is 11.2 Å². The number of nitrogen functional groups attached to an aromatic ring is 1. The van der Waals surface area contributed by atoms with Gasteiger partial charge in [0, 0.05) is 29.2 Å². The molecule has 7 heteroatoms. The average molecular weight is 394 g/mol. The quantitative estimate of drug-likeness (QED) is 0.725. The summed E-state index contributed by atoms with van der Waals surface area (Å²) in [5, 5.41) is 0.572. The molecule has 0 radical (unpaired) electrons. The van der Waals surface area contributed by atoms with Crippen LogP contribution in [0.2, 0.25) is 0 Å². The Balaban J connectivity index is 1.38. The first kappa shape index (κ1) is 17.4. The summed E-state index contributed by atoms with van der Waals surface area (Å²) < 4.78 is 2.15. The number of carbonyl (C=O) groups excluding carboxylic acids is 1. The zero-order chi connectivity index (χ0) is 19.3. The SMILES string of the molecule is Cc1ccc(-n2cnc3c2CCN(C(=O)C2CCCc4sc(N)nc42)C3)cc1. The third-order valence-electron chi connectivity index (χ3n) is 5.80. The van der Waals surface area contributed by atoms with Gasteiger partial charge in [-0.2, -0.15) is 0 Å². The molecular formula is C21H23N5OS. The number of carbonyl (C=O) groups is 1. The maximum absolute atomic E-state index is 13.3. The van der Waals surface area contributed by atoms with Crippen LogP contribution in [0.5, 0.6) is 0 Å². The van der Waals surface area contributed by atoms with Crippen molar-refractivity contribution in [1.29, 1.82) is 0 Å². The van der Waals surface area contributed by atoms with Crippen molar-refractivity contribution in [2.75, 3.05) is 12.3 Å². The molecule has 1 atom stereocenters. The molecule has 0 fully saturated rings. The number of benzene rings is 1. The molecule has 28 heavy (non-hydrogen) atoms. The largest absolute Gasteiger partial charge is 0.375 e. The number of aryl methyl sites for hydroxylation is 2. The van der Waals surface area contributed by atoms with Crippen LogP contribution in [0.25, 0.3) is 5.69 Å². The zero-order valence-corrected chi connectivity index (χ0v) is 16.7. The lowest BCUT2D eigenvalue weighted by atomic mass is 9.89. The molecule has 6 nitrogen and oxygen atoms in total. The van der Waals surface area contributed by atoms with Gasteiger partial charge < -0.3 is 15.2 Å². The highest BCUT2D eigenvalue weighted by atomic mass is 32.1. The lowest BCUT2D eigenvalue weighted by Gasteiger charge is -2.31. The third kappa shape index (κ3) is 2.90.